The number of hydrogen-bond donors (Lipinski definition) is 1. The smallest absolute Gasteiger partial charge is 0.0184 e. The molecule has 0 spiro atoms. The summed E-state index contributed by atoms with van der Waals surface area (Å²) in [5.41, 5.74) is 0. The minimum atomic E-state index is 0. The van der Waals surface area contributed by atoms with Gasteiger partial charge in [0.05, 0.1) is 0 Å². The summed E-state index contributed by atoms with van der Waals surface area (Å²) in [5.74, 6) is 0. The topological polar surface area (TPSA) is 35.0 Å². The summed E-state index contributed by atoms with van der Waals surface area (Å²) in [6.07, 6.45) is 0. The van der Waals surface area contributed by atoms with Gasteiger partial charge >= 0.3 is 0 Å². The maximum absolute atomic E-state index is 2.12. The van der Waals surface area contributed by atoms with E-state index in [0.717, 1.165) is 0 Å². The summed E-state index contributed by atoms with van der Waals surface area (Å²) in [6, 6.07) is 16.7. The van der Waals surface area contributed by atoms with Crippen LogP contribution in [0.25, 0.3) is 10.8 Å². The molecule has 1 nitrogen and oxygen atoms in total. The SMILES string of the molecule is C.I.N.c1ccc2ccccc2c1. The first-order valence-electron chi connectivity index (χ1n) is 3.40. The monoisotopic (exact) mass is 289 g/mol. The molecule has 0 bridgehead atoms. The van der Waals surface area contributed by atoms with Gasteiger partial charge < -0.3 is 6.15 Å². The predicted molar refractivity (Wildman–Crippen MR) is 71.1 cm³/mol. The molecule has 0 saturated heterocycles. The van der Waals surface area contributed by atoms with Crippen molar-refractivity contribution in [1.29, 1.82) is 0 Å². The van der Waals surface area contributed by atoms with Gasteiger partial charge in [0.2, 0.25) is 0 Å². The van der Waals surface area contributed by atoms with E-state index in [1.54, 1.807) is 0 Å². The van der Waals surface area contributed by atoms with Crippen LogP contribution >= 0.6 is 24.0 Å². The van der Waals surface area contributed by atoms with E-state index in [0.29, 0.717) is 0 Å². The normalized spacial score (nSPS) is 7.69. The van der Waals surface area contributed by atoms with Gasteiger partial charge in [0.25, 0.3) is 0 Å². The van der Waals surface area contributed by atoms with E-state index in [1.165, 1.54) is 10.8 Å². The molecule has 72 valence electrons. The number of hydrogen-bond acceptors (Lipinski definition) is 1. The number of fused-ring (bicyclic) bond motifs is 1. The molecule has 0 fully saturated rings. The molecule has 3 N–H and O–H groups in total. The second-order valence-electron chi connectivity index (χ2n) is 2.35. The fraction of sp³-hybridized carbons (Fsp3) is 0.0909. The van der Waals surface area contributed by atoms with E-state index in [9.17, 15) is 0 Å². The van der Waals surface area contributed by atoms with Gasteiger partial charge in [-0.15, -0.1) is 24.0 Å². The summed E-state index contributed by atoms with van der Waals surface area (Å²) in [5, 5.41) is 2.62. The minimum Gasteiger partial charge on any atom is -0.344 e. The molecule has 0 aliphatic heterocycles. The molecule has 0 amide bonds. The molecule has 0 aliphatic rings. The van der Waals surface area contributed by atoms with E-state index in [-0.39, 0.29) is 37.6 Å². The molecular formula is C11H16IN. The van der Waals surface area contributed by atoms with E-state index in [4.69, 9.17) is 0 Å². The lowest BCUT2D eigenvalue weighted by Gasteiger charge is -1.92. The molecule has 2 rings (SSSR count). The number of rotatable bonds is 0. The van der Waals surface area contributed by atoms with Crippen LogP contribution in [0.2, 0.25) is 0 Å². The lowest BCUT2D eigenvalue weighted by atomic mass is 10.1. The third-order valence-electron chi connectivity index (χ3n) is 1.66. The van der Waals surface area contributed by atoms with Gasteiger partial charge in [-0.1, -0.05) is 56.0 Å². The van der Waals surface area contributed by atoms with Gasteiger partial charge in [-0.2, -0.15) is 0 Å². The fourth-order valence-electron chi connectivity index (χ4n) is 1.13. The lowest BCUT2D eigenvalue weighted by molar-refractivity contribution is 1.75. The molecule has 2 heteroatoms. The second-order valence-corrected chi connectivity index (χ2v) is 2.35. The van der Waals surface area contributed by atoms with Crippen LogP contribution in [0.5, 0.6) is 0 Å². The van der Waals surface area contributed by atoms with E-state index >= 15 is 0 Å². The molecule has 0 radical (unpaired) electrons. The fourth-order valence-corrected chi connectivity index (χ4v) is 1.13. The summed E-state index contributed by atoms with van der Waals surface area (Å²) in [7, 11) is 0. The van der Waals surface area contributed by atoms with Crippen molar-refractivity contribution in [3.63, 3.8) is 0 Å². The first-order valence-corrected chi connectivity index (χ1v) is 3.40. The first kappa shape index (κ1) is 14.9. The number of benzene rings is 2. The van der Waals surface area contributed by atoms with Gasteiger partial charge in [-0.05, 0) is 10.8 Å². The van der Waals surface area contributed by atoms with Crippen molar-refractivity contribution < 1.29 is 0 Å². The molecule has 0 unspecified atom stereocenters. The Morgan fingerprint density at radius 1 is 0.615 bits per heavy atom. The van der Waals surface area contributed by atoms with E-state index in [2.05, 4.69) is 48.5 Å². The Hall–Kier alpha value is -0.610. The van der Waals surface area contributed by atoms with Crippen molar-refractivity contribution in [2.75, 3.05) is 0 Å². The van der Waals surface area contributed by atoms with Gasteiger partial charge in [0.15, 0.2) is 0 Å². The van der Waals surface area contributed by atoms with Crippen molar-refractivity contribution in [3.8, 4) is 0 Å². The van der Waals surface area contributed by atoms with Gasteiger partial charge in [0, 0.05) is 0 Å². The molecule has 0 aromatic heterocycles. The van der Waals surface area contributed by atoms with Crippen LogP contribution in [0.4, 0.5) is 0 Å². The van der Waals surface area contributed by atoms with Crippen LogP contribution in [0.1, 0.15) is 7.43 Å². The van der Waals surface area contributed by atoms with Gasteiger partial charge in [-0.3, -0.25) is 0 Å². The van der Waals surface area contributed by atoms with Crippen LogP contribution in [0, 0.1) is 0 Å². The zero-order valence-electron chi connectivity index (χ0n) is 6.73. The molecule has 0 saturated carbocycles. The Kier molecular flexibility index (Phi) is 7.85. The van der Waals surface area contributed by atoms with Crippen LogP contribution in [0.3, 0.4) is 0 Å². The van der Waals surface area contributed by atoms with E-state index < -0.39 is 0 Å². The molecule has 0 heterocycles. The molecule has 2 aromatic rings. The van der Waals surface area contributed by atoms with Crippen molar-refractivity contribution >= 4 is 34.7 Å². The molecule has 0 atom stereocenters. The average Bonchev–Trinajstić information content (AvgIpc) is 2.05. The van der Waals surface area contributed by atoms with Crippen molar-refractivity contribution in [2.24, 2.45) is 0 Å². The quantitative estimate of drug-likeness (QED) is 0.723. The molecule has 2 aromatic carbocycles. The Morgan fingerprint density at radius 3 is 1.08 bits per heavy atom. The van der Waals surface area contributed by atoms with Crippen LogP contribution < -0.4 is 6.15 Å². The zero-order chi connectivity index (χ0) is 6.81. The molecule has 0 aliphatic carbocycles. The minimum absolute atomic E-state index is 0. The highest BCUT2D eigenvalue weighted by atomic mass is 127. The van der Waals surface area contributed by atoms with Crippen molar-refractivity contribution in [2.45, 2.75) is 7.43 Å². The third kappa shape index (κ3) is 3.32. The Morgan fingerprint density at radius 2 is 0.846 bits per heavy atom. The Balaban J connectivity index is 0. The molecule has 13 heavy (non-hydrogen) atoms. The van der Waals surface area contributed by atoms with Crippen LogP contribution in [0.15, 0.2) is 48.5 Å². The summed E-state index contributed by atoms with van der Waals surface area (Å²) in [4.78, 5) is 0. The summed E-state index contributed by atoms with van der Waals surface area (Å²) >= 11 is 0. The highest BCUT2D eigenvalue weighted by Gasteiger charge is 1.85. The van der Waals surface area contributed by atoms with E-state index in [1.807, 2.05) is 0 Å². The second kappa shape index (κ2) is 6.86. The van der Waals surface area contributed by atoms with Gasteiger partial charge in [-0.25, -0.2) is 0 Å². The standard InChI is InChI=1S/C10H8.CH4.HI.H3N/c1-2-6-10-8-4-3-7-9(10)5-1;;;/h1-8H;1H4;1H;1H3. The largest absolute Gasteiger partial charge is 0.344 e. The van der Waals surface area contributed by atoms with Gasteiger partial charge in [0.1, 0.15) is 0 Å². The summed E-state index contributed by atoms with van der Waals surface area (Å²) < 4.78 is 0. The highest BCUT2D eigenvalue weighted by molar-refractivity contribution is 14.0. The highest BCUT2D eigenvalue weighted by Crippen LogP contribution is 2.11. The first-order chi connectivity index (χ1) is 4.97. The van der Waals surface area contributed by atoms with Crippen molar-refractivity contribution in [3.05, 3.63) is 48.5 Å². The summed E-state index contributed by atoms with van der Waals surface area (Å²) in [6.45, 7) is 0. The average molecular weight is 289 g/mol. The molecular weight excluding hydrogens is 273 g/mol. The Labute approximate surface area is 96.8 Å². The van der Waals surface area contributed by atoms with Crippen molar-refractivity contribution in [1.82, 2.24) is 6.15 Å². The third-order valence-corrected chi connectivity index (χ3v) is 1.66. The lowest BCUT2D eigenvalue weighted by Crippen LogP contribution is -1.67. The van der Waals surface area contributed by atoms with Crippen LogP contribution in [-0.2, 0) is 0 Å². The maximum atomic E-state index is 2.12. The van der Waals surface area contributed by atoms with Crippen LogP contribution in [-0.4, -0.2) is 0 Å². The predicted octanol–water partition coefficient (Wildman–Crippen LogP) is 4.26. The maximum Gasteiger partial charge on any atom is -0.0184 e. The zero-order valence-corrected chi connectivity index (χ0v) is 9.06. The number of halogens is 1. The Bertz CT molecular complexity index is 281.